The van der Waals surface area contributed by atoms with Crippen molar-refractivity contribution in [2.75, 3.05) is 0 Å². The third-order valence-electron chi connectivity index (χ3n) is 4.43. The van der Waals surface area contributed by atoms with Crippen molar-refractivity contribution in [2.24, 2.45) is 0 Å². The molecule has 0 aliphatic rings. The zero-order chi connectivity index (χ0) is 16.3. The Kier molecular flexibility index (Phi) is 2.54. The number of benzene rings is 3. The van der Waals surface area contributed by atoms with Gasteiger partial charge in [0.25, 0.3) is 5.56 Å². The largest absolute Gasteiger partial charge is 0.268 e. The third-order valence-corrected chi connectivity index (χ3v) is 4.43. The molecule has 3 aromatic carbocycles. The van der Waals surface area contributed by atoms with Gasteiger partial charge >= 0.3 is 0 Å². The lowest BCUT2D eigenvalue weighted by molar-refractivity contribution is 0.629. The average molecular weight is 314 g/mol. The second-order valence-electron chi connectivity index (χ2n) is 5.80. The van der Waals surface area contributed by atoms with E-state index >= 15 is 0 Å². The van der Waals surface area contributed by atoms with Gasteiger partial charge in [-0.3, -0.25) is 9.20 Å². The number of aromatic nitrogens is 2. The van der Waals surface area contributed by atoms with E-state index in [4.69, 9.17) is 0 Å². The molecule has 0 saturated heterocycles. The normalized spacial score (nSPS) is 11.7. The molecule has 24 heavy (non-hydrogen) atoms. The molecule has 0 amide bonds. The van der Waals surface area contributed by atoms with Crippen LogP contribution in [0.5, 0.6) is 0 Å². The van der Waals surface area contributed by atoms with Crippen LogP contribution in [0.1, 0.15) is 0 Å². The minimum absolute atomic E-state index is 0.183. The van der Waals surface area contributed by atoms with E-state index in [-0.39, 0.29) is 11.4 Å². The summed E-state index contributed by atoms with van der Waals surface area (Å²) in [4.78, 5) is 17.7. The molecule has 114 valence electrons. The van der Waals surface area contributed by atoms with Crippen LogP contribution in [0.15, 0.2) is 71.5 Å². The fourth-order valence-electron chi connectivity index (χ4n) is 3.37. The number of hydrogen-bond acceptors (Lipinski definition) is 2. The summed E-state index contributed by atoms with van der Waals surface area (Å²) >= 11 is 0. The molecule has 5 aromatic rings. The van der Waals surface area contributed by atoms with Crippen LogP contribution >= 0.6 is 0 Å². The van der Waals surface area contributed by atoms with Crippen LogP contribution in [0, 0.1) is 5.82 Å². The molecule has 0 saturated carbocycles. The van der Waals surface area contributed by atoms with E-state index in [2.05, 4.69) is 4.98 Å². The van der Waals surface area contributed by atoms with E-state index in [1.807, 2.05) is 42.5 Å². The van der Waals surface area contributed by atoms with Crippen molar-refractivity contribution in [3.05, 3.63) is 82.9 Å². The number of para-hydroxylation sites is 1. The molecule has 2 aromatic heterocycles. The number of nitrogens with zero attached hydrogens (tertiary/aromatic N) is 2. The highest BCUT2D eigenvalue weighted by molar-refractivity contribution is 6.12. The number of rotatable bonds is 0. The van der Waals surface area contributed by atoms with E-state index in [0.717, 1.165) is 16.2 Å². The Hall–Kier alpha value is -3.27. The quantitative estimate of drug-likeness (QED) is 0.315. The van der Waals surface area contributed by atoms with Crippen molar-refractivity contribution < 1.29 is 4.39 Å². The molecule has 0 radical (unpaired) electrons. The molecular weight excluding hydrogens is 303 g/mol. The van der Waals surface area contributed by atoms with Gasteiger partial charge in [0.1, 0.15) is 11.5 Å². The molecule has 0 atom stereocenters. The maximum atomic E-state index is 13.9. The van der Waals surface area contributed by atoms with Crippen LogP contribution < -0.4 is 5.56 Å². The first-order chi connectivity index (χ1) is 11.7. The van der Waals surface area contributed by atoms with Crippen molar-refractivity contribution in [3.63, 3.8) is 0 Å². The molecule has 5 rings (SSSR count). The molecular formula is C20H11FN2O. The summed E-state index contributed by atoms with van der Waals surface area (Å²) in [5, 5.41) is 3.18. The fourth-order valence-corrected chi connectivity index (χ4v) is 3.37. The Balaban J connectivity index is 2.23. The lowest BCUT2D eigenvalue weighted by atomic mass is 10.1. The van der Waals surface area contributed by atoms with Gasteiger partial charge in [-0.2, -0.15) is 0 Å². The summed E-state index contributed by atoms with van der Waals surface area (Å²) in [6.45, 7) is 0. The molecule has 2 heterocycles. The van der Waals surface area contributed by atoms with E-state index in [1.54, 1.807) is 12.1 Å². The van der Waals surface area contributed by atoms with Crippen LogP contribution in [0.4, 0.5) is 4.39 Å². The van der Waals surface area contributed by atoms with Crippen molar-refractivity contribution in [3.8, 4) is 0 Å². The van der Waals surface area contributed by atoms with Gasteiger partial charge in [-0.05, 0) is 35.7 Å². The first kappa shape index (κ1) is 13.2. The Morgan fingerprint density at radius 3 is 2.33 bits per heavy atom. The summed E-state index contributed by atoms with van der Waals surface area (Å²) in [5.41, 5.74) is 1.54. The second kappa shape index (κ2) is 4.61. The van der Waals surface area contributed by atoms with Crippen LogP contribution in [0.25, 0.3) is 38.2 Å². The van der Waals surface area contributed by atoms with Crippen molar-refractivity contribution in [2.45, 2.75) is 0 Å². The zero-order valence-corrected chi connectivity index (χ0v) is 12.5. The predicted molar refractivity (Wildman–Crippen MR) is 93.9 cm³/mol. The van der Waals surface area contributed by atoms with E-state index in [0.29, 0.717) is 22.1 Å². The van der Waals surface area contributed by atoms with Crippen LogP contribution in [-0.2, 0) is 0 Å². The average Bonchev–Trinajstić information content (AvgIpc) is 2.62. The lowest BCUT2D eigenvalue weighted by Gasteiger charge is -2.12. The van der Waals surface area contributed by atoms with Gasteiger partial charge in [0, 0.05) is 10.8 Å². The Labute approximate surface area is 135 Å². The number of hydrogen-bond donors (Lipinski definition) is 0. The van der Waals surface area contributed by atoms with E-state index in [1.165, 1.54) is 16.5 Å². The fraction of sp³-hybridized carbons (Fsp3) is 0. The molecule has 3 nitrogen and oxygen atoms in total. The van der Waals surface area contributed by atoms with Crippen LogP contribution in [0.2, 0.25) is 0 Å². The Bertz CT molecular complexity index is 1340. The SMILES string of the molecule is O=c1c2ccccc2nc2c3ccccc3c3ccc(F)cc3n12. The van der Waals surface area contributed by atoms with Crippen molar-refractivity contribution >= 4 is 38.2 Å². The van der Waals surface area contributed by atoms with Gasteiger partial charge < -0.3 is 0 Å². The monoisotopic (exact) mass is 314 g/mol. The van der Waals surface area contributed by atoms with Gasteiger partial charge in [-0.15, -0.1) is 0 Å². The van der Waals surface area contributed by atoms with Gasteiger partial charge in [-0.1, -0.05) is 36.4 Å². The number of pyridine rings is 1. The number of fused-ring (bicyclic) bond motifs is 7. The first-order valence-electron chi connectivity index (χ1n) is 7.65. The number of halogens is 1. The molecule has 0 spiro atoms. The highest BCUT2D eigenvalue weighted by Crippen LogP contribution is 2.28. The Morgan fingerprint density at radius 2 is 1.50 bits per heavy atom. The Morgan fingerprint density at radius 1 is 0.792 bits per heavy atom. The third kappa shape index (κ3) is 1.65. The summed E-state index contributed by atoms with van der Waals surface area (Å²) < 4.78 is 15.4. The van der Waals surface area contributed by atoms with Crippen molar-refractivity contribution in [1.82, 2.24) is 9.38 Å². The van der Waals surface area contributed by atoms with Crippen LogP contribution in [0.3, 0.4) is 0 Å². The summed E-state index contributed by atoms with van der Waals surface area (Å²) in [6, 6.07) is 19.5. The molecule has 0 N–H and O–H groups in total. The molecule has 0 unspecified atom stereocenters. The second-order valence-corrected chi connectivity index (χ2v) is 5.80. The minimum atomic E-state index is -0.376. The molecule has 0 bridgehead atoms. The molecule has 0 aliphatic carbocycles. The highest BCUT2D eigenvalue weighted by Gasteiger charge is 2.13. The first-order valence-corrected chi connectivity index (χ1v) is 7.65. The molecule has 4 heteroatoms. The van der Waals surface area contributed by atoms with E-state index < -0.39 is 0 Å². The van der Waals surface area contributed by atoms with Gasteiger partial charge in [0.05, 0.1) is 16.4 Å². The van der Waals surface area contributed by atoms with Gasteiger partial charge in [0.15, 0.2) is 0 Å². The highest BCUT2D eigenvalue weighted by atomic mass is 19.1. The summed E-state index contributed by atoms with van der Waals surface area (Å²) in [6.07, 6.45) is 0. The molecule has 0 fully saturated rings. The summed E-state index contributed by atoms with van der Waals surface area (Å²) in [7, 11) is 0. The summed E-state index contributed by atoms with van der Waals surface area (Å²) in [5.74, 6) is -0.376. The van der Waals surface area contributed by atoms with Crippen LogP contribution in [-0.4, -0.2) is 9.38 Å². The lowest BCUT2D eigenvalue weighted by Crippen LogP contribution is -2.16. The predicted octanol–water partition coefficient (Wildman–Crippen LogP) is 4.29. The standard InChI is InChI=1S/C20H11FN2O/c21-12-9-10-14-13-5-1-2-6-15(13)19-22-17-8-4-3-7-16(17)20(24)23(19)18(14)11-12/h1-11H. The van der Waals surface area contributed by atoms with Gasteiger partial charge in [-0.25, -0.2) is 9.37 Å². The maximum Gasteiger partial charge on any atom is 0.266 e. The topological polar surface area (TPSA) is 34.4 Å². The van der Waals surface area contributed by atoms with E-state index in [9.17, 15) is 9.18 Å². The van der Waals surface area contributed by atoms with Gasteiger partial charge in [0.2, 0.25) is 0 Å². The minimum Gasteiger partial charge on any atom is -0.268 e. The maximum absolute atomic E-state index is 13.9. The van der Waals surface area contributed by atoms with Crippen molar-refractivity contribution in [1.29, 1.82) is 0 Å². The molecule has 0 aliphatic heterocycles. The smallest absolute Gasteiger partial charge is 0.266 e. The zero-order valence-electron chi connectivity index (χ0n) is 12.5.